The van der Waals surface area contributed by atoms with Crippen molar-refractivity contribution < 1.29 is 9.53 Å². The van der Waals surface area contributed by atoms with Crippen molar-refractivity contribution >= 4 is 28.2 Å². The number of nitrogens with two attached hydrogens (primary N) is 1. The smallest absolute Gasteiger partial charge is 0.265 e. The van der Waals surface area contributed by atoms with Gasteiger partial charge in [0.05, 0.1) is 6.10 Å². The van der Waals surface area contributed by atoms with Crippen molar-refractivity contribution in [2.45, 2.75) is 33.3 Å². The highest BCUT2D eigenvalue weighted by Crippen LogP contribution is 2.25. The summed E-state index contributed by atoms with van der Waals surface area (Å²) in [5, 5.41) is 6.82. The fourth-order valence-electron chi connectivity index (χ4n) is 2.21. The summed E-state index contributed by atoms with van der Waals surface area (Å²) in [7, 11) is 0. The number of nitrogens with zero attached hydrogens (tertiary/aromatic N) is 1. The minimum Gasteiger partial charge on any atom is -0.382 e. The van der Waals surface area contributed by atoms with Crippen LogP contribution in [0.1, 0.15) is 36.9 Å². The molecule has 2 heterocycles. The largest absolute Gasteiger partial charge is 0.382 e. The lowest BCUT2D eigenvalue weighted by Crippen LogP contribution is -2.31. The molecule has 1 aliphatic heterocycles. The van der Waals surface area contributed by atoms with Crippen molar-refractivity contribution in [2.24, 2.45) is 11.8 Å². The fraction of sp³-hybridized carbons (Fsp3) is 0.714. The normalized spacial score (nSPS) is 21.7. The number of aromatic nitrogens is 1. The minimum atomic E-state index is -0.151. The van der Waals surface area contributed by atoms with E-state index in [1.807, 2.05) is 6.92 Å². The zero-order valence-electron chi connectivity index (χ0n) is 12.8. The Morgan fingerprint density at radius 2 is 2.33 bits per heavy atom. The molecule has 1 fully saturated rings. The Kier molecular flexibility index (Phi) is 5.41. The SMILES string of the molecule is CC(C)CNc1nc(N)c(C(=O)NCC2CCOC2C)s1. The molecule has 2 atom stereocenters. The van der Waals surface area contributed by atoms with E-state index in [1.54, 1.807) is 0 Å². The Morgan fingerprint density at radius 1 is 1.57 bits per heavy atom. The van der Waals surface area contributed by atoms with Crippen molar-refractivity contribution in [3.05, 3.63) is 4.88 Å². The number of nitrogen functional groups attached to an aromatic ring is 1. The molecule has 0 spiro atoms. The fourth-order valence-corrected chi connectivity index (χ4v) is 3.02. The predicted molar refractivity (Wildman–Crippen MR) is 85.7 cm³/mol. The zero-order chi connectivity index (χ0) is 15.4. The third kappa shape index (κ3) is 4.31. The van der Waals surface area contributed by atoms with Crippen LogP contribution in [0.3, 0.4) is 0 Å². The van der Waals surface area contributed by atoms with Gasteiger partial charge in [0.25, 0.3) is 5.91 Å². The lowest BCUT2D eigenvalue weighted by molar-refractivity contribution is 0.0911. The van der Waals surface area contributed by atoms with Gasteiger partial charge in [0.2, 0.25) is 0 Å². The van der Waals surface area contributed by atoms with E-state index in [9.17, 15) is 4.79 Å². The van der Waals surface area contributed by atoms with Crippen LogP contribution in [0, 0.1) is 11.8 Å². The van der Waals surface area contributed by atoms with Gasteiger partial charge in [0, 0.05) is 25.6 Å². The first-order valence-electron chi connectivity index (χ1n) is 7.37. The van der Waals surface area contributed by atoms with Gasteiger partial charge in [-0.3, -0.25) is 4.79 Å². The molecule has 7 heteroatoms. The van der Waals surface area contributed by atoms with E-state index < -0.39 is 0 Å². The van der Waals surface area contributed by atoms with Crippen LogP contribution in [0.15, 0.2) is 0 Å². The minimum absolute atomic E-state index is 0.151. The topological polar surface area (TPSA) is 89.3 Å². The maximum absolute atomic E-state index is 12.2. The summed E-state index contributed by atoms with van der Waals surface area (Å²) in [5.74, 6) is 1.03. The Bertz CT molecular complexity index is 489. The lowest BCUT2D eigenvalue weighted by atomic mass is 10.0. The summed E-state index contributed by atoms with van der Waals surface area (Å²) in [5.41, 5.74) is 5.83. The third-order valence-electron chi connectivity index (χ3n) is 3.58. The van der Waals surface area contributed by atoms with Gasteiger partial charge in [-0.1, -0.05) is 25.2 Å². The Labute approximate surface area is 129 Å². The molecular formula is C14H24N4O2S. The second-order valence-electron chi connectivity index (χ2n) is 5.84. The monoisotopic (exact) mass is 312 g/mol. The molecule has 0 saturated carbocycles. The summed E-state index contributed by atoms with van der Waals surface area (Å²) in [4.78, 5) is 16.9. The van der Waals surface area contributed by atoms with E-state index in [0.29, 0.717) is 34.2 Å². The van der Waals surface area contributed by atoms with Gasteiger partial charge in [-0.25, -0.2) is 4.98 Å². The molecule has 2 unspecified atom stereocenters. The average molecular weight is 312 g/mol. The van der Waals surface area contributed by atoms with E-state index in [0.717, 1.165) is 19.6 Å². The molecule has 1 aromatic heterocycles. The van der Waals surface area contributed by atoms with Gasteiger partial charge < -0.3 is 21.1 Å². The first-order valence-corrected chi connectivity index (χ1v) is 8.19. The third-order valence-corrected chi connectivity index (χ3v) is 4.61. The molecule has 0 bridgehead atoms. The Balaban J connectivity index is 1.89. The van der Waals surface area contributed by atoms with Crippen LogP contribution in [0.2, 0.25) is 0 Å². The van der Waals surface area contributed by atoms with E-state index in [-0.39, 0.29) is 12.0 Å². The molecule has 4 N–H and O–H groups in total. The molecule has 1 aromatic rings. The van der Waals surface area contributed by atoms with Gasteiger partial charge >= 0.3 is 0 Å². The number of anilines is 2. The maximum Gasteiger partial charge on any atom is 0.265 e. The summed E-state index contributed by atoms with van der Waals surface area (Å²) in [6.07, 6.45) is 1.19. The van der Waals surface area contributed by atoms with E-state index in [1.165, 1.54) is 11.3 Å². The van der Waals surface area contributed by atoms with Crippen LogP contribution in [0.4, 0.5) is 10.9 Å². The standard InChI is InChI=1S/C14H24N4O2S/c1-8(2)6-17-14-18-12(15)11(21-14)13(19)16-7-10-4-5-20-9(10)3/h8-10H,4-7,15H2,1-3H3,(H,16,19)(H,17,18). The number of carbonyl (C=O) groups excluding carboxylic acids is 1. The molecule has 118 valence electrons. The van der Waals surface area contributed by atoms with Crippen molar-refractivity contribution in [3.8, 4) is 0 Å². The number of thiazole rings is 1. The Hall–Kier alpha value is -1.34. The molecule has 0 aromatic carbocycles. The molecule has 1 saturated heterocycles. The highest BCUT2D eigenvalue weighted by molar-refractivity contribution is 7.18. The first-order chi connectivity index (χ1) is 9.97. The zero-order valence-corrected chi connectivity index (χ0v) is 13.6. The molecule has 6 nitrogen and oxygen atoms in total. The quantitative estimate of drug-likeness (QED) is 0.747. The van der Waals surface area contributed by atoms with Crippen LogP contribution in [0.25, 0.3) is 0 Å². The second-order valence-corrected chi connectivity index (χ2v) is 6.84. The number of amides is 1. The van der Waals surface area contributed by atoms with Crippen molar-refractivity contribution in [1.82, 2.24) is 10.3 Å². The van der Waals surface area contributed by atoms with Crippen LogP contribution in [-0.2, 0) is 4.74 Å². The molecule has 21 heavy (non-hydrogen) atoms. The highest BCUT2D eigenvalue weighted by Gasteiger charge is 2.25. The first kappa shape index (κ1) is 16.0. The van der Waals surface area contributed by atoms with Crippen LogP contribution >= 0.6 is 11.3 Å². The van der Waals surface area contributed by atoms with E-state index >= 15 is 0 Å². The van der Waals surface area contributed by atoms with E-state index in [2.05, 4.69) is 29.5 Å². The Morgan fingerprint density at radius 3 is 2.95 bits per heavy atom. The molecule has 0 radical (unpaired) electrons. The number of ether oxygens (including phenoxy) is 1. The van der Waals surface area contributed by atoms with Gasteiger partial charge in [0.1, 0.15) is 10.7 Å². The number of hydrogen-bond acceptors (Lipinski definition) is 6. The summed E-state index contributed by atoms with van der Waals surface area (Å²) < 4.78 is 5.49. The highest BCUT2D eigenvalue weighted by atomic mass is 32.1. The molecular weight excluding hydrogens is 288 g/mol. The average Bonchev–Trinajstić information content (AvgIpc) is 3.00. The summed E-state index contributed by atoms with van der Waals surface area (Å²) in [6.45, 7) is 8.47. The second kappa shape index (κ2) is 7.09. The van der Waals surface area contributed by atoms with Gasteiger partial charge in [-0.05, 0) is 19.3 Å². The van der Waals surface area contributed by atoms with Crippen molar-refractivity contribution in [1.29, 1.82) is 0 Å². The number of hydrogen-bond donors (Lipinski definition) is 3. The van der Waals surface area contributed by atoms with Gasteiger partial charge in [0.15, 0.2) is 5.13 Å². The van der Waals surface area contributed by atoms with Gasteiger partial charge in [-0.15, -0.1) is 0 Å². The maximum atomic E-state index is 12.2. The number of nitrogens with one attached hydrogen (secondary N) is 2. The molecule has 2 rings (SSSR count). The molecule has 1 aliphatic rings. The number of rotatable bonds is 6. The summed E-state index contributed by atoms with van der Waals surface area (Å²) >= 11 is 1.30. The lowest BCUT2D eigenvalue weighted by Gasteiger charge is -2.14. The van der Waals surface area contributed by atoms with Crippen LogP contribution in [-0.4, -0.2) is 36.7 Å². The molecule has 1 amide bonds. The van der Waals surface area contributed by atoms with E-state index in [4.69, 9.17) is 10.5 Å². The predicted octanol–water partition coefficient (Wildman–Crippen LogP) is 1.95. The van der Waals surface area contributed by atoms with Crippen LogP contribution in [0.5, 0.6) is 0 Å². The van der Waals surface area contributed by atoms with Crippen LogP contribution < -0.4 is 16.4 Å². The number of carbonyl (C=O) groups is 1. The molecule has 0 aliphatic carbocycles. The van der Waals surface area contributed by atoms with Crippen molar-refractivity contribution in [2.75, 3.05) is 30.7 Å². The summed E-state index contributed by atoms with van der Waals surface area (Å²) in [6, 6.07) is 0. The van der Waals surface area contributed by atoms with Crippen molar-refractivity contribution in [3.63, 3.8) is 0 Å². The van der Waals surface area contributed by atoms with Gasteiger partial charge in [-0.2, -0.15) is 0 Å².